The quantitative estimate of drug-likeness (QED) is 0.358. The van der Waals surface area contributed by atoms with Crippen LogP contribution in [0.1, 0.15) is 19.8 Å². The lowest BCUT2D eigenvalue weighted by molar-refractivity contribution is -0.841. The normalized spacial score (nSPS) is 24.5. The van der Waals surface area contributed by atoms with E-state index in [-0.39, 0.29) is 11.2 Å². The van der Waals surface area contributed by atoms with Gasteiger partial charge in [0.15, 0.2) is 6.17 Å². The second-order valence-electron chi connectivity index (χ2n) is 5.99. The lowest BCUT2D eigenvalue weighted by Crippen LogP contribution is -3.09. The largest absolute Gasteiger partial charge is 0.626 e. The molecule has 8 heteroatoms. The van der Waals surface area contributed by atoms with E-state index in [2.05, 4.69) is 8.61 Å². The van der Waals surface area contributed by atoms with Crippen molar-refractivity contribution in [2.24, 2.45) is 0 Å². The summed E-state index contributed by atoms with van der Waals surface area (Å²) >= 11 is 7.87. The van der Waals surface area contributed by atoms with E-state index in [9.17, 15) is 5.21 Å². The Morgan fingerprint density at radius 2 is 2.08 bits per heavy atom. The molecule has 1 N–H and O–H groups in total. The van der Waals surface area contributed by atoms with Crippen LogP contribution in [0.2, 0.25) is 0 Å². The lowest BCUT2D eigenvalue weighted by Gasteiger charge is -2.35. The molecule has 0 saturated heterocycles. The number of nitrogens with one attached hydrogen (secondary N) is 1. The van der Waals surface area contributed by atoms with Crippen molar-refractivity contribution in [1.29, 1.82) is 0 Å². The molecule has 0 radical (unpaired) electrons. The standard InChI is InChI=1S/C16H23ClN4O2S/c1-13-20(17)15-12-18(2)24-19(16(15)21(13)22)10-6-7-11-23-14-8-4-3-5-9-14/h3-5,8-9,13,21H,6-7,10-12H2,1-2H3. The van der Waals surface area contributed by atoms with Gasteiger partial charge < -0.3 is 15.0 Å². The minimum Gasteiger partial charge on any atom is -0.626 e. The highest BCUT2D eigenvalue weighted by atomic mass is 35.5. The number of hydrogen-bond acceptors (Lipinski definition) is 6. The predicted octanol–water partition coefficient (Wildman–Crippen LogP) is 2.02. The van der Waals surface area contributed by atoms with Crippen molar-refractivity contribution < 1.29 is 9.80 Å². The Balaban J connectivity index is 1.51. The summed E-state index contributed by atoms with van der Waals surface area (Å²) in [5.41, 5.74) is 0.913. The number of rotatable bonds is 6. The van der Waals surface area contributed by atoms with Crippen LogP contribution >= 0.6 is 23.9 Å². The number of halogens is 1. The Morgan fingerprint density at radius 3 is 2.83 bits per heavy atom. The van der Waals surface area contributed by atoms with Crippen LogP contribution in [0.25, 0.3) is 0 Å². The van der Waals surface area contributed by atoms with Gasteiger partial charge in [-0.05, 0) is 32.0 Å². The second kappa shape index (κ2) is 7.84. The first-order valence-electron chi connectivity index (χ1n) is 8.15. The number of hydroxylamine groups is 2. The van der Waals surface area contributed by atoms with Crippen molar-refractivity contribution in [2.75, 3.05) is 26.7 Å². The van der Waals surface area contributed by atoms with E-state index >= 15 is 0 Å². The lowest BCUT2D eigenvalue weighted by atomic mass is 10.3. The molecule has 2 aliphatic heterocycles. The van der Waals surface area contributed by atoms with Crippen LogP contribution in [0.4, 0.5) is 0 Å². The number of nitrogens with zero attached hydrogens (tertiary/aromatic N) is 3. The highest BCUT2D eigenvalue weighted by molar-refractivity contribution is 7.94. The van der Waals surface area contributed by atoms with Gasteiger partial charge in [-0.15, -0.1) is 0 Å². The maximum absolute atomic E-state index is 12.5. The summed E-state index contributed by atoms with van der Waals surface area (Å²) in [5.74, 6) is 1.66. The van der Waals surface area contributed by atoms with Crippen molar-refractivity contribution in [3.05, 3.63) is 47.1 Å². The van der Waals surface area contributed by atoms with Gasteiger partial charge in [0.2, 0.25) is 5.82 Å². The van der Waals surface area contributed by atoms with Gasteiger partial charge in [-0.3, -0.25) is 4.31 Å². The molecule has 0 saturated carbocycles. The predicted molar refractivity (Wildman–Crippen MR) is 96.6 cm³/mol. The molecule has 2 atom stereocenters. The summed E-state index contributed by atoms with van der Waals surface area (Å²) in [6.07, 6.45) is 1.61. The number of quaternary nitrogens is 1. The minimum atomic E-state index is -0.285. The number of unbranched alkanes of at least 4 members (excludes halogenated alkanes) is 1. The maximum atomic E-state index is 12.5. The zero-order valence-electron chi connectivity index (χ0n) is 13.9. The fraction of sp³-hybridized carbons (Fsp3) is 0.500. The highest BCUT2D eigenvalue weighted by Gasteiger charge is 2.42. The number of para-hydroxylation sites is 1. The van der Waals surface area contributed by atoms with Crippen molar-refractivity contribution in [3.8, 4) is 5.75 Å². The average Bonchev–Trinajstić information content (AvgIpc) is 2.80. The van der Waals surface area contributed by atoms with Gasteiger partial charge >= 0.3 is 0 Å². The molecule has 2 heterocycles. The fourth-order valence-corrected chi connectivity index (χ4v) is 4.08. The van der Waals surface area contributed by atoms with E-state index in [0.717, 1.165) is 36.7 Å². The highest BCUT2D eigenvalue weighted by Crippen LogP contribution is 2.32. The molecule has 2 aliphatic rings. The third kappa shape index (κ3) is 3.75. The molecule has 24 heavy (non-hydrogen) atoms. The molecule has 0 spiro atoms. The average molecular weight is 371 g/mol. The summed E-state index contributed by atoms with van der Waals surface area (Å²) in [4.78, 5) is 0. The maximum Gasteiger partial charge on any atom is 0.237 e. The molecule has 1 aromatic carbocycles. The monoisotopic (exact) mass is 370 g/mol. The van der Waals surface area contributed by atoms with Gasteiger partial charge in [0.1, 0.15) is 11.4 Å². The summed E-state index contributed by atoms with van der Waals surface area (Å²) in [6, 6.07) is 9.82. The smallest absolute Gasteiger partial charge is 0.237 e. The first-order chi connectivity index (χ1) is 11.6. The Kier molecular flexibility index (Phi) is 5.78. The van der Waals surface area contributed by atoms with Crippen LogP contribution in [0, 0.1) is 5.21 Å². The van der Waals surface area contributed by atoms with E-state index < -0.39 is 0 Å². The summed E-state index contributed by atoms with van der Waals surface area (Å²) in [5, 5.41) is 12.6. The topological polar surface area (TPSA) is 46.5 Å². The van der Waals surface area contributed by atoms with Crippen molar-refractivity contribution in [2.45, 2.75) is 25.9 Å². The third-order valence-electron chi connectivity index (χ3n) is 4.11. The van der Waals surface area contributed by atoms with Gasteiger partial charge in [0, 0.05) is 37.4 Å². The molecule has 2 unspecified atom stereocenters. The molecule has 1 aromatic rings. The van der Waals surface area contributed by atoms with E-state index in [1.54, 1.807) is 16.6 Å². The van der Waals surface area contributed by atoms with E-state index in [4.69, 9.17) is 16.5 Å². The van der Waals surface area contributed by atoms with Gasteiger partial charge in [-0.1, -0.05) is 18.2 Å². The van der Waals surface area contributed by atoms with Crippen LogP contribution in [0.15, 0.2) is 41.8 Å². The fourth-order valence-electron chi connectivity index (χ4n) is 2.85. The Bertz CT molecular complexity index is 589. The van der Waals surface area contributed by atoms with Gasteiger partial charge in [0.25, 0.3) is 0 Å². The Labute approximate surface area is 152 Å². The molecular weight excluding hydrogens is 348 g/mol. The van der Waals surface area contributed by atoms with E-state index in [0.29, 0.717) is 13.2 Å². The van der Waals surface area contributed by atoms with E-state index in [1.807, 2.05) is 44.3 Å². The number of ether oxygens (including phenoxy) is 1. The summed E-state index contributed by atoms with van der Waals surface area (Å²) < 4.78 is 11.5. The summed E-state index contributed by atoms with van der Waals surface area (Å²) in [6.45, 7) is 4.02. The Morgan fingerprint density at radius 1 is 1.33 bits per heavy atom. The van der Waals surface area contributed by atoms with Crippen LogP contribution < -0.4 is 9.80 Å². The molecule has 3 rings (SSSR count). The van der Waals surface area contributed by atoms with Gasteiger partial charge in [-0.2, -0.15) is 0 Å². The molecule has 0 fully saturated rings. The number of benzene rings is 1. The molecule has 6 nitrogen and oxygen atoms in total. The van der Waals surface area contributed by atoms with Crippen LogP contribution in [0.3, 0.4) is 0 Å². The Hall–Kier alpha value is -1.12. The van der Waals surface area contributed by atoms with E-state index in [1.165, 1.54) is 0 Å². The molecule has 0 aliphatic carbocycles. The second-order valence-corrected chi connectivity index (χ2v) is 7.58. The SMILES string of the molecule is CC1N(Cl)C2=C(N(CCCCOc3ccccc3)SN(C)C2)[NH+]1[O-]. The third-order valence-corrected chi connectivity index (χ3v) is 5.58. The van der Waals surface area contributed by atoms with Crippen molar-refractivity contribution in [1.82, 2.24) is 13.0 Å². The molecule has 0 aromatic heterocycles. The summed E-state index contributed by atoms with van der Waals surface area (Å²) in [7, 11) is 2.01. The molecule has 0 bridgehead atoms. The van der Waals surface area contributed by atoms with Gasteiger partial charge in [0.05, 0.1) is 13.2 Å². The molecule has 0 amide bonds. The molecular formula is C16H23ClN4O2S. The van der Waals surface area contributed by atoms with Crippen LogP contribution in [-0.4, -0.2) is 45.9 Å². The minimum absolute atomic E-state index is 0.112. The van der Waals surface area contributed by atoms with Crippen LogP contribution in [-0.2, 0) is 0 Å². The number of likely N-dealkylation sites (N-methyl/N-ethyl adjacent to an activating group) is 1. The number of hydrogen-bond donors (Lipinski definition) is 1. The first kappa shape index (κ1) is 17.7. The zero-order chi connectivity index (χ0) is 17.1. The van der Waals surface area contributed by atoms with Crippen molar-refractivity contribution >= 4 is 23.9 Å². The van der Waals surface area contributed by atoms with Crippen molar-refractivity contribution in [3.63, 3.8) is 0 Å². The van der Waals surface area contributed by atoms with Crippen LogP contribution in [0.5, 0.6) is 5.75 Å². The molecule has 132 valence electrons. The zero-order valence-corrected chi connectivity index (χ0v) is 15.5. The first-order valence-corrected chi connectivity index (χ1v) is 9.21. The van der Waals surface area contributed by atoms with Gasteiger partial charge in [-0.25, -0.2) is 8.72 Å².